The van der Waals surface area contributed by atoms with E-state index in [1.807, 2.05) is 31.2 Å². The number of aryl methyl sites for hydroxylation is 2. The van der Waals surface area contributed by atoms with Crippen molar-refractivity contribution in [2.45, 2.75) is 20.8 Å². The molecule has 0 N–H and O–H groups in total. The minimum absolute atomic E-state index is 0. The van der Waals surface area contributed by atoms with E-state index < -0.39 is 0 Å². The summed E-state index contributed by atoms with van der Waals surface area (Å²) in [6, 6.07) is 8.34. The Labute approximate surface area is 172 Å². The molecule has 1 heterocycles. The van der Waals surface area contributed by atoms with Gasteiger partial charge in [-0.15, -0.1) is 23.7 Å². The fourth-order valence-electron chi connectivity index (χ4n) is 2.56. The minimum atomic E-state index is 0. The lowest BCUT2D eigenvalue weighted by atomic mass is 10.1. The highest BCUT2D eigenvalue weighted by molar-refractivity contribution is 9.10. The zero-order valence-electron chi connectivity index (χ0n) is 15.1. The monoisotopic (exact) mass is 453 g/mol. The van der Waals surface area contributed by atoms with Gasteiger partial charge in [-0.1, -0.05) is 6.08 Å². The van der Waals surface area contributed by atoms with E-state index in [4.69, 9.17) is 14.5 Å². The molecule has 2 aromatic carbocycles. The van der Waals surface area contributed by atoms with Crippen molar-refractivity contribution in [3.05, 3.63) is 50.4 Å². The number of benzene rings is 2. The van der Waals surface area contributed by atoms with Gasteiger partial charge >= 0.3 is 0 Å². The second-order valence-corrected chi connectivity index (χ2v) is 7.67. The summed E-state index contributed by atoms with van der Waals surface area (Å²) in [5.41, 5.74) is 4.65. The third-order valence-corrected chi connectivity index (χ3v) is 5.55. The van der Waals surface area contributed by atoms with Crippen molar-refractivity contribution in [1.82, 2.24) is 4.98 Å². The highest BCUT2D eigenvalue weighted by Gasteiger charge is 2.10. The zero-order valence-corrected chi connectivity index (χ0v) is 18.3. The van der Waals surface area contributed by atoms with Gasteiger partial charge in [-0.3, -0.25) is 0 Å². The number of halogens is 2. The summed E-state index contributed by atoms with van der Waals surface area (Å²) in [6.45, 7) is 6.80. The third kappa shape index (κ3) is 4.40. The van der Waals surface area contributed by atoms with E-state index in [1.165, 1.54) is 15.8 Å². The first-order valence-electron chi connectivity index (χ1n) is 8.08. The largest absolute Gasteiger partial charge is 0.493 e. The van der Waals surface area contributed by atoms with Crippen LogP contribution < -0.4 is 9.47 Å². The van der Waals surface area contributed by atoms with Crippen LogP contribution in [0.15, 0.2) is 28.7 Å². The number of ether oxygens (including phenoxy) is 2. The van der Waals surface area contributed by atoms with E-state index in [-0.39, 0.29) is 12.4 Å². The number of fused-ring (bicyclic) bond motifs is 1. The molecule has 0 atom stereocenters. The molecule has 0 aliphatic carbocycles. The van der Waals surface area contributed by atoms with Crippen LogP contribution >= 0.6 is 39.7 Å². The van der Waals surface area contributed by atoms with Crippen LogP contribution in [0.5, 0.6) is 11.5 Å². The molecule has 0 aliphatic heterocycles. The van der Waals surface area contributed by atoms with Crippen molar-refractivity contribution < 1.29 is 9.47 Å². The SMILES string of the molecule is CCOc1c(Br)cc(/C=C/c2nc3cc(C)c(C)cc3s2)cc1OC.Cl. The number of nitrogens with zero attached hydrogens (tertiary/aromatic N) is 1. The number of hydrogen-bond acceptors (Lipinski definition) is 4. The van der Waals surface area contributed by atoms with Crippen molar-refractivity contribution in [2.24, 2.45) is 0 Å². The Balaban J connectivity index is 0.00000243. The molecule has 1 aromatic heterocycles. The first-order chi connectivity index (χ1) is 12.0. The van der Waals surface area contributed by atoms with E-state index >= 15 is 0 Å². The van der Waals surface area contributed by atoms with Gasteiger partial charge < -0.3 is 9.47 Å². The number of methoxy groups -OCH3 is 1. The highest BCUT2D eigenvalue weighted by atomic mass is 79.9. The molecule has 0 amide bonds. The summed E-state index contributed by atoms with van der Waals surface area (Å²) in [6.07, 6.45) is 4.08. The van der Waals surface area contributed by atoms with Gasteiger partial charge in [0.1, 0.15) is 5.01 Å². The van der Waals surface area contributed by atoms with Crippen LogP contribution in [0.3, 0.4) is 0 Å². The van der Waals surface area contributed by atoms with E-state index in [9.17, 15) is 0 Å². The third-order valence-electron chi connectivity index (χ3n) is 3.98. The van der Waals surface area contributed by atoms with Crippen LogP contribution in [0.1, 0.15) is 28.6 Å². The van der Waals surface area contributed by atoms with Gasteiger partial charge in [0.25, 0.3) is 0 Å². The van der Waals surface area contributed by atoms with Gasteiger partial charge in [0.05, 0.1) is 28.4 Å². The molecule has 0 unspecified atom stereocenters. The molecule has 0 aliphatic rings. The molecule has 0 radical (unpaired) electrons. The lowest BCUT2D eigenvalue weighted by Crippen LogP contribution is -1.96. The first-order valence-corrected chi connectivity index (χ1v) is 9.69. The molecule has 3 rings (SSSR count). The second kappa shape index (κ2) is 8.89. The van der Waals surface area contributed by atoms with Crippen molar-refractivity contribution >= 4 is 62.0 Å². The number of rotatable bonds is 5. The zero-order chi connectivity index (χ0) is 18.0. The fraction of sp³-hybridized carbons (Fsp3) is 0.250. The summed E-state index contributed by atoms with van der Waals surface area (Å²) in [4.78, 5) is 4.71. The molecule has 138 valence electrons. The molecule has 0 bridgehead atoms. The van der Waals surface area contributed by atoms with Crippen molar-refractivity contribution in [1.29, 1.82) is 0 Å². The lowest BCUT2D eigenvalue weighted by molar-refractivity contribution is 0.309. The quantitative estimate of drug-likeness (QED) is 0.431. The Morgan fingerprint density at radius 1 is 1.12 bits per heavy atom. The van der Waals surface area contributed by atoms with Crippen LogP contribution in [-0.2, 0) is 0 Å². The molecular formula is C20H21BrClNO2S. The molecule has 0 saturated carbocycles. The number of thiazole rings is 1. The summed E-state index contributed by atoms with van der Waals surface area (Å²) < 4.78 is 13.2. The molecular weight excluding hydrogens is 434 g/mol. The standard InChI is InChI=1S/C20H20BrNO2S.ClH/c1-5-24-20-15(21)10-14(11-17(20)23-4)6-7-19-22-16-8-12(2)13(3)9-18(16)25-19;/h6-11H,5H2,1-4H3;1H/b7-6+;. The summed E-state index contributed by atoms with van der Waals surface area (Å²) in [5, 5.41) is 0.990. The Morgan fingerprint density at radius 3 is 2.54 bits per heavy atom. The van der Waals surface area contributed by atoms with Crippen molar-refractivity contribution in [3.63, 3.8) is 0 Å². The van der Waals surface area contributed by atoms with Crippen LogP contribution in [0.4, 0.5) is 0 Å². The van der Waals surface area contributed by atoms with Gasteiger partial charge in [-0.2, -0.15) is 0 Å². The topological polar surface area (TPSA) is 31.4 Å². The normalized spacial score (nSPS) is 11.0. The molecule has 6 heteroatoms. The summed E-state index contributed by atoms with van der Waals surface area (Å²) in [7, 11) is 1.65. The number of hydrogen-bond donors (Lipinski definition) is 0. The Bertz CT molecular complexity index is 914. The second-order valence-electron chi connectivity index (χ2n) is 5.76. The number of aromatic nitrogens is 1. The van der Waals surface area contributed by atoms with Gasteiger partial charge in [0, 0.05) is 0 Å². The lowest BCUT2D eigenvalue weighted by Gasteiger charge is -2.12. The van der Waals surface area contributed by atoms with E-state index in [2.05, 4.69) is 41.9 Å². The van der Waals surface area contributed by atoms with E-state index in [0.717, 1.165) is 26.3 Å². The Kier molecular flexibility index (Phi) is 7.09. The van der Waals surface area contributed by atoms with E-state index in [0.29, 0.717) is 12.4 Å². The van der Waals surface area contributed by atoms with Crippen molar-refractivity contribution in [3.8, 4) is 11.5 Å². The van der Waals surface area contributed by atoms with Gasteiger partial charge in [0.15, 0.2) is 11.5 Å². The molecule has 0 spiro atoms. The fourth-order valence-corrected chi connectivity index (χ4v) is 4.08. The minimum Gasteiger partial charge on any atom is -0.493 e. The average molecular weight is 455 g/mol. The van der Waals surface area contributed by atoms with Gasteiger partial charge in [-0.25, -0.2) is 4.98 Å². The Hall–Kier alpha value is -1.56. The molecule has 0 saturated heterocycles. The van der Waals surface area contributed by atoms with E-state index in [1.54, 1.807) is 18.4 Å². The predicted octanol–water partition coefficient (Wildman–Crippen LogP) is 6.68. The van der Waals surface area contributed by atoms with Crippen LogP contribution in [0, 0.1) is 13.8 Å². The maximum Gasteiger partial charge on any atom is 0.175 e. The maximum atomic E-state index is 5.63. The Morgan fingerprint density at radius 2 is 1.85 bits per heavy atom. The summed E-state index contributed by atoms with van der Waals surface area (Å²) in [5.74, 6) is 1.44. The van der Waals surface area contributed by atoms with Gasteiger partial charge in [0.2, 0.25) is 0 Å². The van der Waals surface area contributed by atoms with Crippen molar-refractivity contribution in [2.75, 3.05) is 13.7 Å². The van der Waals surface area contributed by atoms with Gasteiger partial charge in [-0.05, 0) is 83.7 Å². The van der Waals surface area contributed by atoms with Crippen LogP contribution in [0.2, 0.25) is 0 Å². The molecule has 26 heavy (non-hydrogen) atoms. The molecule has 3 aromatic rings. The smallest absolute Gasteiger partial charge is 0.175 e. The first kappa shape index (κ1) is 20.7. The van der Waals surface area contributed by atoms with Crippen LogP contribution in [0.25, 0.3) is 22.4 Å². The average Bonchev–Trinajstić information content (AvgIpc) is 2.97. The highest BCUT2D eigenvalue weighted by Crippen LogP contribution is 2.37. The van der Waals surface area contributed by atoms with Crippen LogP contribution in [-0.4, -0.2) is 18.7 Å². The predicted molar refractivity (Wildman–Crippen MR) is 117 cm³/mol. The molecule has 0 fully saturated rings. The maximum absolute atomic E-state index is 5.63. The molecule has 3 nitrogen and oxygen atoms in total. The summed E-state index contributed by atoms with van der Waals surface area (Å²) >= 11 is 5.26.